The van der Waals surface area contributed by atoms with Gasteiger partial charge in [-0.15, -0.1) is 0 Å². The minimum atomic E-state index is -0.296. The fourth-order valence-electron chi connectivity index (χ4n) is 4.62. The van der Waals surface area contributed by atoms with Gasteiger partial charge in [-0.2, -0.15) is 0 Å². The Morgan fingerprint density at radius 1 is 1.17 bits per heavy atom. The number of aryl methyl sites for hydroxylation is 2. The van der Waals surface area contributed by atoms with E-state index in [1.165, 1.54) is 18.4 Å². The van der Waals surface area contributed by atoms with Gasteiger partial charge in [0.1, 0.15) is 17.3 Å². The first-order chi connectivity index (χ1) is 13.7. The Kier molecular flexibility index (Phi) is 3.83. The maximum Gasteiger partial charge on any atom is 0.141 e. The molecule has 0 amide bonds. The minimum Gasteiger partial charge on any atom is -0.511 e. The number of benzene rings is 1. The lowest BCUT2D eigenvalue weighted by Gasteiger charge is -2.31. The van der Waals surface area contributed by atoms with Gasteiger partial charge >= 0.3 is 0 Å². The van der Waals surface area contributed by atoms with E-state index in [2.05, 4.69) is 42.2 Å². The molecule has 1 saturated carbocycles. The van der Waals surface area contributed by atoms with Crippen molar-refractivity contribution in [2.75, 3.05) is 0 Å². The molecule has 0 unspecified atom stereocenters. The molecular formula is C24H27N3O2. The van der Waals surface area contributed by atoms with Crippen molar-refractivity contribution in [1.82, 2.24) is 15.1 Å². The first kappa shape index (κ1) is 18.2. The van der Waals surface area contributed by atoms with Crippen LogP contribution in [0.15, 0.2) is 34.1 Å². The number of imidazole rings is 1. The normalized spacial score (nSPS) is 19.1. The highest BCUT2D eigenvalue weighted by Crippen LogP contribution is 2.45. The number of rotatable bonds is 3. The Balaban J connectivity index is 1.76. The van der Waals surface area contributed by atoms with Crippen LogP contribution < -0.4 is 0 Å². The molecule has 29 heavy (non-hydrogen) atoms. The maximum atomic E-state index is 10.5. The van der Waals surface area contributed by atoms with Crippen molar-refractivity contribution in [1.29, 1.82) is 0 Å². The first-order valence-corrected chi connectivity index (χ1v) is 10.3. The van der Waals surface area contributed by atoms with Crippen LogP contribution in [0, 0.1) is 19.3 Å². The van der Waals surface area contributed by atoms with Gasteiger partial charge in [0, 0.05) is 22.5 Å². The summed E-state index contributed by atoms with van der Waals surface area (Å²) in [5, 5.41) is 14.7. The Hall–Kier alpha value is -2.82. The van der Waals surface area contributed by atoms with Gasteiger partial charge in [0.05, 0.1) is 16.7 Å². The van der Waals surface area contributed by atoms with Crippen LogP contribution in [-0.2, 0) is 0 Å². The second-order valence-electron chi connectivity index (χ2n) is 9.28. The number of hydrogen-bond donors (Lipinski definition) is 2. The van der Waals surface area contributed by atoms with E-state index in [0.717, 1.165) is 57.0 Å². The lowest BCUT2D eigenvalue weighted by atomic mass is 9.75. The second-order valence-corrected chi connectivity index (χ2v) is 9.28. The van der Waals surface area contributed by atoms with Crippen LogP contribution in [0.1, 0.15) is 68.8 Å². The van der Waals surface area contributed by atoms with Crippen LogP contribution >= 0.6 is 0 Å². The first-order valence-electron chi connectivity index (χ1n) is 10.3. The average Bonchev–Trinajstić information content (AvgIpc) is 3.34. The fraction of sp³-hybridized carbons (Fsp3) is 0.417. The Labute approximate surface area is 170 Å². The van der Waals surface area contributed by atoms with Crippen molar-refractivity contribution >= 4 is 16.6 Å². The van der Waals surface area contributed by atoms with E-state index in [-0.39, 0.29) is 5.41 Å². The molecular weight excluding hydrogens is 362 g/mol. The third-order valence-corrected chi connectivity index (χ3v) is 6.27. The second kappa shape index (κ2) is 6.09. The van der Waals surface area contributed by atoms with Crippen molar-refractivity contribution in [3.05, 3.63) is 52.4 Å². The lowest BCUT2D eigenvalue weighted by molar-refractivity contribution is 0.255. The highest BCUT2D eigenvalue weighted by atomic mass is 16.5. The third-order valence-electron chi connectivity index (χ3n) is 6.27. The predicted octanol–water partition coefficient (Wildman–Crippen LogP) is 6.36. The summed E-state index contributed by atoms with van der Waals surface area (Å²) >= 11 is 0. The molecule has 0 bridgehead atoms. The number of H-pyrrole nitrogens is 1. The Bertz CT molecular complexity index is 1180. The van der Waals surface area contributed by atoms with E-state index >= 15 is 0 Å². The van der Waals surface area contributed by atoms with Gasteiger partial charge in [0.15, 0.2) is 0 Å². The van der Waals surface area contributed by atoms with E-state index in [9.17, 15) is 5.11 Å². The molecule has 2 heterocycles. The van der Waals surface area contributed by atoms with E-state index in [4.69, 9.17) is 9.51 Å². The molecule has 2 aromatic heterocycles. The van der Waals surface area contributed by atoms with Crippen molar-refractivity contribution in [2.45, 2.75) is 59.8 Å². The molecule has 2 aliphatic rings. The highest BCUT2D eigenvalue weighted by Gasteiger charge is 2.32. The SMILES string of the molecule is CC1=C(O)C(C)(C)CC(c2cc(-c3c(C)noc3C)cc3[nH]c(C4CC4)nc23)=C1. The summed E-state index contributed by atoms with van der Waals surface area (Å²) in [6, 6.07) is 4.38. The summed E-state index contributed by atoms with van der Waals surface area (Å²) in [5.41, 5.74) is 8.04. The molecule has 150 valence electrons. The average molecular weight is 389 g/mol. The molecule has 0 radical (unpaired) electrons. The summed E-state index contributed by atoms with van der Waals surface area (Å²) < 4.78 is 5.43. The summed E-state index contributed by atoms with van der Waals surface area (Å²) in [4.78, 5) is 8.56. The molecule has 0 saturated heterocycles. The highest BCUT2D eigenvalue weighted by molar-refractivity contribution is 5.94. The molecule has 1 aromatic carbocycles. The maximum absolute atomic E-state index is 10.5. The molecule has 2 aliphatic carbocycles. The topological polar surface area (TPSA) is 74.9 Å². The number of aliphatic hydroxyl groups is 1. The predicted molar refractivity (Wildman–Crippen MR) is 115 cm³/mol. The Morgan fingerprint density at radius 2 is 1.93 bits per heavy atom. The van der Waals surface area contributed by atoms with Crippen LogP contribution in [0.5, 0.6) is 0 Å². The molecule has 1 fully saturated rings. The third kappa shape index (κ3) is 2.91. The molecule has 5 heteroatoms. The van der Waals surface area contributed by atoms with Crippen molar-refractivity contribution in [3.8, 4) is 11.1 Å². The fourth-order valence-corrected chi connectivity index (χ4v) is 4.62. The molecule has 0 atom stereocenters. The number of aliphatic hydroxyl groups excluding tert-OH is 1. The van der Waals surface area contributed by atoms with E-state index in [1.807, 2.05) is 20.8 Å². The molecule has 3 aromatic rings. The van der Waals surface area contributed by atoms with Gasteiger partial charge in [0.2, 0.25) is 0 Å². The largest absolute Gasteiger partial charge is 0.511 e. The van der Waals surface area contributed by atoms with Gasteiger partial charge in [-0.1, -0.05) is 25.1 Å². The number of nitrogens with one attached hydrogen (secondary N) is 1. The van der Waals surface area contributed by atoms with Crippen LogP contribution in [0.25, 0.3) is 27.7 Å². The Morgan fingerprint density at radius 3 is 2.55 bits per heavy atom. The number of nitrogens with zero attached hydrogens (tertiary/aromatic N) is 2. The number of fused-ring (bicyclic) bond motifs is 1. The summed E-state index contributed by atoms with van der Waals surface area (Å²) in [5.74, 6) is 2.93. The zero-order chi connectivity index (χ0) is 20.5. The lowest BCUT2D eigenvalue weighted by Crippen LogP contribution is -2.20. The van der Waals surface area contributed by atoms with Crippen LogP contribution in [0.2, 0.25) is 0 Å². The molecule has 5 rings (SSSR count). The summed E-state index contributed by atoms with van der Waals surface area (Å²) in [7, 11) is 0. The number of allylic oxidation sites excluding steroid dienone is 4. The van der Waals surface area contributed by atoms with Gasteiger partial charge in [0.25, 0.3) is 0 Å². The number of hydrogen-bond acceptors (Lipinski definition) is 4. The quantitative estimate of drug-likeness (QED) is 0.547. The molecule has 0 aliphatic heterocycles. The van der Waals surface area contributed by atoms with Gasteiger partial charge < -0.3 is 14.6 Å². The molecule has 5 nitrogen and oxygen atoms in total. The van der Waals surface area contributed by atoms with Crippen molar-refractivity contribution in [3.63, 3.8) is 0 Å². The summed E-state index contributed by atoms with van der Waals surface area (Å²) in [6.45, 7) is 10.1. The van der Waals surface area contributed by atoms with Crippen LogP contribution in [-0.4, -0.2) is 20.2 Å². The molecule has 2 N–H and O–H groups in total. The van der Waals surface area contributed by atoms with Gasteiger partial charge in [-0.25, -0.2) is 4.98 Å². The summed E-state index contributed by atoms with van der Waals surface area (Å²) in [6.07, 6.45) is 5.29. The standard InChI is InChI=1S/C24H27N3O2/c1-12-8-17(11-24(4,5)22(12)28)18-9-16(20-13(2)27-29-14(20)3)10-19-21(18)26-23(25-19)15-6-7-15/h8-10,15,28H,6-7,11H2,1-5H3,(H,25,26). The van der Waals surface area contributed by atoms with Crippen molar-refractivity contribution in [2.24, 2.45) is 5.41 Å². The zero-order valence-electron chi connectivity index (χ0n) is 17.7. The molecule has 0 spiro atoms. The van der Waals surface area contributed by atoms with E-state index in [1.54, 1.807) is 0 Å². The van der Waals surface area contributed by atoms with Gasteiger partial charge in [-0.05, 0) is 68.9 Å². The number of aromatic nitrogens is 3. The van der Waals surface area contributed by atoms with Gasteiger partial charge in [-0.3, -0.25) is 0 Å². The van der Waals surface area contributed by atoms with Crippen LogP contribution in [0.4, 0.5) is 0 Å². The van der Waals surface area contributed by atoms with E-state index < -0.39 is 0 Å². The minimum absolute atomic E-state index is 0.296. The zero-order valence-corrected chi connectivity index (χ0v) is 17.7. The smallest absolute Gasteiger partial charge is 0.141 e. The van der Waals surface area contributed by atoms with Crippen molar-refractivity contribution < 1.29 is 9.63 Å². The van der Waals surface area contributed by atoms with Crippen LogP contribution in [0.3, 0.4) is 0 Å². The monoisotopic (exact) mass is 389 g/mol. The van der Waals surface area contributed by atoms with E-state index in [0.29, 0.717) is 11.7 Å². The number of aromatic amines is 1.